The molecule has 116 valence electrons. The molecule has 0 radical (unpaired) electrons. The van der Waals surface area contributed by atoms with E-state index in [2.05, 4.69) is 14.9 Å². The number of rotatable bonds is 4. The van der Waals surface area contributed by atoms with E-state index in [1.165, 1.54) is 0 Å². The summed E-state index contributed by atoms with van der Waals surface area (Å²) in [5, 5.41) is 0.659. The van der Waals surface area contributed by atoms with E-state index in [4.69, 9.17) is 16.3 Å². The summed E-state index contributed by atoms with van der Waals surface area (Å²) in [5.74, 6) is 0.582. The highest BCUT2D eigenvalue weighted by Crippen LogP contribution is 2.20. The van der Waals surface area contributed by atoms with E-state index in [0.717, 1.165) is 23.4 Å². The molecular formula is C16H18ClN3O2. The Morgan fingerprint density at radius 2 is 2.14 bits per heavy atom. The molecule has 1 aliphatic heterocycles. The van der Waals surface area contributed by atoms with Gasteiger partial charge in [0.15, 0.2) is 0 Å². The fraction of sp³-hybridized carbons (Fsp3) is 0.375. The van der Waals surface area contributed by atoms with Crippen LogP contribution in [0.4, 0.5) is 0 Å². The molecule has 0 atom stereocenters. The predicted molar refractivity (Wildman–Crippen MR) is 85.9 cm³/mol. The van der Waals surface area contributed by atoms with Gasteiger partial charge in [0.25, 0.3) is 5.56 Å². The van der Waals surface area contributed by atoms with Gasteiger partial charge in [-0.1, -0.05) is 11.6 Å². The maximum Gasteiger partial charge on any atom is 0.254 e. The summed E-state index contributed by atoms with van der Waals surface area (Å²) in [6.07, 6.45) is 0.700. The van der Waals surface area contributed by atoms with Gasteiger partial charge in [0, 0.05) is 35.8 Å². The van der Waals surface area contributed by atoms with Crippen LogP contribution < -0.4 is 5.56 Å². The first-order valence-corrected chi connectivity index (χ1v) is 7.73. The van der Waals surface area contributed by atoms with Crippen LogP contribution in [-0.2, 0) is 17.7 Å². The second-order valence-corrected chi connectivity index (χ2v) is 5.71. The Hall–Kier alpha value is -1.69. The van der Waals surface area contributed by atoms with Crippen LogP contribution in [0, 0.1) is 0 Å². The SMILES string of the molecule is CCOCN1CCc2c(nc(-c3ccc(Cl)cc3)[nH]c2=O)C1. The number of nitrogens with zero attached hydrogens (tertiary/aromatic N) is 2. The lowest BCUT2D eigenvalue weighted by molar-refractivity contribution is 0.0269. The summed E-state index contributed by atoms with van der Waals surface area (Å²) in [7, 11) is 0. The maximum absolute atomic E-state index is 12.3. The van der Waals surface area contributed by atoms with Crippen LogP contribution in [0.25, 0.3) is 11.4 Å². The van der Waals surface area contributed by atoms with Crippen LogP contribution in [0.5, 0.6) is 0 Å². The largest absolute Gasteiger partial charge is 0.366 e. The van der Waals surface area contributed by atoms with Gasteiger partial charge in [-0.15, -0.1) is 0 Å². The van der Waals surface area contributed by atoms with Crippen molar-refractivity contribution in [3.8, 4) is 11.4 Å². The second kappa shape index (κ2) is 6.60. The molecule has 3 rings (SSSR count). The lowest BCUT2D eigenvalue weighted by atomic mass is 10.1. The normalized spacial score (nSPS) is 14.8. The fourth-order valence-corrected chi connectivity index (χ4v) is 2.69. The lowest BCUT2D eigenvalue weighted by Crippen LogP contribution is -2.36. The summed E-state index contributed by atoms with van der Waals surface area (Å²) in [5.41, 5.74) is 2.42. The smallest absolute Gasteiger partial charge is 0.254 e. The minimum Gasteiger partial charge on any atom is -0.366 e. The zero-order chi connectivity index (χ0) is 15.5. The first-order chi connectivity index (χ1) is 10.7. The van der Waals surface area contributed by atoms with E-state index >= 15 is 0 Å². The third-order valence-corrected chi connectivity index (χ3v) is 4.00. The van der Waals surface area contributed by atoms with Crippen molar-refractivity contribution in [3.05, 3.63) is 50.9 Å². The van der Waals surface area contributed by atoms with Gasteiger partial charge < -0.3 is 9.72 Å². The van der Waals surface area contributed by atoms with Crippen molar-refractivity contribution in [1.29, 1.82) is 0 Å². The molecule has 0 spiro atoms. The number of aromatic amines is 1. The number of nitrogens with one attached hydrogen (secondary N) is 1. The van der Waals surface area contributed by atoms with Gasteiger partial charge >= 0.3 is 0 Å². The molecule has 0 unspecified atom stereocenters. The van der Waals surface area contributed by atoms with Gasteiger partial charge in [0.1, 0.15) is 5.82 Å². The Kier molecular flexibility index (Phi) is 4.57. The van der Waals surface area contributed by atoms with Gasteiger partial charge in [0.2, 0.25) is 0 Å². The van der Waals surface area contributed by atoms with Crippen molar-refractivity contribution in [1.82, 2.24) is 14.9 Å². The van der Waals surface area contributed by atoms with Crippen molar-refractivity contribution in [2.75, 3.05) is 19.9 Å². The highest BCUT2D eigenvalue weighted by molar-refractivity contribution is 6.30. The Morgan fingerprint density at radius 1 is 1.36 bits per heavy atom. The third-order valence-electron chi connectivity index (χ3n) is 3.75. The molecule has 1 aliphatic rings. The van der Waals surface area contributed by atoms with E-state index in [9.17, 15) is 4.79 Å². The highest BCUT2D eigenvalue weighted by atomic mass is 35.5. The number of fused-ring (bicyclic) bond motifs is 1. The minimum absolute atomic E-state index is 0.0500. The summed E-state index contributed by atoms with van der Waals surface area (Å²) < 4.78 is 5.44. The Morgan fingerprint density at radius 3 is 2.86 bits per heavy atom. The molecule has 0 saturated heterocycles. The monoisotopic (exact) mass is 319 g/mol. The summed E-state index contributed by atoms with van der Waals surface area (Å²) >= 11 is 5.90. The van der Waals surface area contributed by atoms with Crippen molar-refractivity contribution >= 4 is 11.6 Å². The predicted octanol–water partition coefficient (Wildman–Crippen LogP) is 2.44. The molecule has 1 aromatic carbocycles. The first kappa shape index (κ1) is 15.2. The summed E-state index contributed by atoms with van der Waals surface area (Å²) in [6, 6.07) is 7.29. The van der Waals surface area contributed by atoms with Gasteiger partial charge in [-0.05, 0) is 37.6 Å². The molecule has 0 bridgehead atoms. The van der Waals surface area contributed by atoms with E-state index in [0.29, 0.717) is 37.2 Å². The van der Waals surface area contributed by atoms with Gasteiger partial charge in [0.05, 0.1) is 12.4 Å². The molecule has 0 fully saturated rings. The van der Waals surface area contributed by atoms with E-state index in [1.54, 1.807) is 12.1 Å². The summed E-state index contributed by atoms with van der Waals surface area (Å²) in [4.78, 5) is 21.9. The van der Waals surface area contributed by atoms with Gasteiger partial charge in [-0.25, -0.2) is 4.98 Å². The van der Waals surface area contributed by atoms with Crippen LogP contribution in [0.15, 0.2) is 29.1 Å². The summed E-state index contributed by atoms with van der Waals surface area (Å²) in [6.45, 7) is 4.68. The molecular weight excluding hydrogens is 302 g/mol. The van der Waals surface area contributed by atoms with E-state index < -0.39 is 0 Å². The number of ether oxygens (including phenoxy) is 1. The number of hydrogen-bond acceptors (Lipinski definition) is 4. The Labute approximate surface area is 133 Å². The van der Waals surface area contributed by atoms with Crippen LogP contribution in [0.3, 0.4) is 0 Å². The average molecular weight is 320 g/mol. The zero-order valence-corrected chi connectivity index (χ0v) is 13.2. The molecule has 1 aromatic heterocycles. The first-order valence-electron chi connectivity index (χ1n) is 7.35. The highest BCUT2D eigenvalue weighted by Gasteiger charge is 2.21. The molecule has 2 aromatic rings. The maximum atomic E-state index is 12.3. The molecule has 0 aliphatic carbocycles. The fourth-order valence-electron chi connectivity index (χ4n) is 2.57. The van der Waals surface area contributed by atoms with Crippen LogP contribution in [0.1, 0.15) is 18.2 Å². The molecule has 22 heavy (non-hydrogen) atoms. The molecule has 6 heteroatoms. The average Bonchev–Trinajstić information content (AvgIpc) is 2.53. The minimum atomic E-state index is -0.0500. The van der Waals surface area contributed by atoms with Gasteiger partial charge in [-0.3, -0.25) is 9.69 Å². The number of aromatic nitrogens is 2. The number of hydrogen-bond donors (Lipinski definition) is 1. The van der Waals surface area contributed by atoms with Gasteiger partial charge in [-0.2, -0.15) is 0 Å². The Bertz CT molecular complexity index is 712. The number of H-pyrrole nitrogens is 1. The lowest BCUT2D eigenvalue weighted by Gasteiger charge is -2.27. The molecule has 2 heterocycles. The molecule has 0 saturated carbocycles. The second-order valence-electron chi connectivity index (χ2n) is 5.27. The van der Waals surface area contributed by atoms with E-state index in [1.807, 2.05) is 19.1 Å². The van der Waals surface area contributed by atoms with Crippen molar-refractivity contribution < 1.29 is 4.74 Å². The van der Waals surface area contributed by atoms with Crippen molar-refractivity contribution in [3.63, 3.8) is 0 Å². The van der Waals surface area contributed by atoms with Crippen LogP contribution in [0.2, 0.25) is 5.02 Å². The third kappa shape index (κ3) is 3.21. The van der Waals surface area contributed by atoms with Crippen LogP contribution in [-0.4, -0.2) is 34.8 Å². The topological polar surface area (TPSA) is 58.2 Å². The molecule has 0 amide bonds. The standard InChI is InChI=1S/C16H18ClN3O2/c1-2-22-10-20-8-7-13-14(9-20)18-15(19-16(13)21)11-3-5-12(17)6-4-11/h3-6H,2,7-10H2,1H3,(H,18,19,21). The van der Waals surface area contributed by atoms with Crippen molar-refractivity contribution in [2.45, 2.75) is 19.9 Å². The van der Waals surface area contributed by atoms with Crippen LogP contribution >= 0.6 is 11.6 Å². The zero-order valence-electron chi connectivity index (χ0n) is 12.4. The van der Waals surface area contributed by atoms with E-state index in [-0.39, 0.29) is 5.56 Å². The van der Waals surface area contributed by atoms with Crippen molar-refractivity contribution in [2.24, 2.45) is 0 Å². The quantitative estimate of drug-likeness (QED) is 0.940. The Balaban J connectivity index is 1.91. The number of benzene rings is 1. The molecule has 1 N–H and O–H groups in total. The molecule has 5 nitrogen and oxygen atoms in total. The number of halogens is 1.